The van der Waals surface area contributed by atoms with Crippen LogP contribution in [0.15, 0.2) is 11.6 Å². The number of carboxylic acids is 1. The van der Waals surface area contributed by atoms with Crippen molar-refractivity contribution >= 4 is 5.97 Å². The summed E-state index contributed by atoms with van der Waals surface area (Å²) in [6.07, 6.45) is 5.48. The monoisotopic (exact) mass is 227 g/mol. The van der Waals surface area contributed by atoms with E-state index in [2.05, 4.69) is 5.32 Å². The second kappa shape index (κ2) is 6.01. The Kier molecular flexibility index (Phi) is 4.96. The fourth-order valence-corrected chi connectivity index (χ4v) is 1.84. The standard InChI is InChI=1S/C12H21NO3/c1-2-10(11(15)16)3-7-13-9-12(4-5-12)6-8-14/h3,13-14H,2,4-9H2,1H3,(H,15,16). The van der Waals surface area contributed by atoms with Crippen molar-refractivity contribution in [2.75, 3.05) is 19.7 Å². The van der Waals surface area contributed by atoms with Crippen LogP contribution in [0.1, 0.15) is 32.6 Å². The van der Waals surface area contributed by atoms with Gasteiger partial charge in [-0.05, 0) is 31.1 Å². The number of nitrogens with one attached hydrogen (secondary N) is 1. The molecule has 1 fully saturated rings. The average molecular weight is 227 g/mol. The van der Waals surface area contributed by atoms with E-state index < -0.39 is 5.97 Å². The van der Waals surface area contributed by atoms with Crippen LogP contribution in [0, 0.1) is 5.41 Å². The summed E-state index contributed by atoms with van der Waals surface area (Å²) >= 11 is 0. The van der Waals surface area contributed by atoms with Gasteiger partial charge < -0.3 is 15.5 Å². The molecule has 1 saturated carbocycles. The van der Waals surface area contributed by atoms with E-state index >= 15 is 0 Å². The Morgan fingerprint density at radius 2 is 2.19 bits per heavy atom. The molecule has 0 saturated heterocycles. The molecule has 1 rings (SSSR count). The molecule has 4 nitrogen and oxygen atoms in total. The first-order valence-electron chi connectivity index (χ1n) is 5.87. The maximum atomic E-state index is 10.7. The summed E-state index contributed by atoms with van der Waals surface area (Å²) in [5.74, 6) is -0.833. The molecular weight excluding hydrogens is 206 g/mol. The first-order chi connectivity index (χ1) is 7.63. The minimum atomic E-state index is -0.833. The largest absolute Gasteiger partial charge is 0.478 e. The summed E-state index contributed by atoms with van der Waals surface area (Å²) in [6, 6.07) is 0. The number of hydrogen-bond acceptors (Lipinski definition) is 3. The van der Waals surface area contributed by atoms with Gasteiger partial charge in [-0.2, -0.15) is 0 Å². The normalized spacial score (nSPS) is 18.5. The molecule has 0 aromatic rings. The number of hydrogen-bond donors (Lipinski definition) is 3. The molecule has 0 unspecified atom stereocenters. The molecule has 0 atom stereocenters. The zero-order valence-corrected chi connectivity index (χ0v) is 9.83. The lowest BCUT2D eigenvalue weighted by Crippen LogP contribution is -2.25. The van der Waals surface area contributed by atoms with Crippen molar-refractivity contribution in [2.45, 2.75) is 32.6 Å². The summed E-state index contributed by atoms with van der Waals surface area (Å²) in [5.41, 5.74) is 0.748. The zero-order chi connectivity index (χ0) is 12.0. The Morgan fingerprint density at radius 3 is 2.62 bits per heavy atom. The lowest BCUT2D eigenvalue weighted by molar-refractivity contribution is -0.132. The van der Waals surface area contributed by atoms with E-state index in [1.165, 1.54) is 12.8 Å². The van der Waals surface area contributed by atoms with Crippen LogP contribution < -0.4 is 5.32 Å². The Labute approximate surface area is 96.4 Å². The lowest BCUT2D eigenvalue weighted by Gasteiger charge is -2.13. The molecule has 0 spiro atoms. The molecule has 3 N–H and O–H groups in total. The van der Waals surface area contributed by atoms with Crippen molar-refractivity contribution in [1.29, 1.82) is 0 Å². The van der Waals surface area contributed by atoms with Crippen LogP contribution in [0.2, 0.25) is 0 Å². The van der Waals surface area contributed by atoms with Gasteiger partial charge in [-0.25, -0.2) is 4.79 Å². The smallest absolute Gasteiger partial charge is 0.331 e. The minimum Gasteiger partial charge on any atom is -0.478 e. The molecule has 0 aromatic heterocycles. The van der Waals surface area contributed by atoms with E-state index in [0.29, 0.717) is 18.5 Å². The van der Waals surface area contributed by atoms with Gasteiger partial charge in [-0.15, -0.1) is 0 Å². The van der Waals surface area contributed by atoms with Crippen molar-refractivity contribution in [3.05, 3.63) is 11.6 Å². The second-order valence-corrected chi connectivity index (χ2v) is 4.49. The van der Waals surface area contributed by atoms with Gasteiger partial charge in [-0.3, -0.25) is 0 Å². The summed E-state index contributed by atoms with van der Waals surface area (Å²) in [4.78, 5) is 10.7. The Hall–Kier alpha value is -0.870. The van der Waals surface area contributed by atoms with E-state index in [-0.39, 0.29) is 12.0 Å². The number of aliphatic carboxylic acids is 1. The fourth-order valence-electron chi connectivity index (χ4n) is 1.84. The maximum Gasteiger partial charge on any atom is 0.331 e. The maximum absolute atomic E-state index is 10.7. The summed E-state index contributed by atoms with van der Waals surface area (Å²) < 4.78 is 0. The van der Waals surface area contributed by atoms with Gasteiger partial charge in [0.1, 0.15) is 0 Å². The molecule has 1 aliphatic carbocycles. The fraction of sp³-hybridized carbons (Fsp3) is 0.750. The molecule has 0 radical (unpaired) electrons. The molecule has 0 amide bonds. The SMILES string of the molecule is CCC(=CCNCC1(CCO)CC1)C(=O)O. The van der Waals surface area contributed by atoms with E-state index in [9.17, 15) is 4.79 Å². The minimum absolute atomic E-state index is 0.243. The van der Waals surface area contributed by atoms with Crippen LogP contribution in [-0.2, 0) is 4.79 Å². The zero-order valence-electron chi connectivity index (χ0n) is 9.83. The number of aliphatic hydroxyl groups excluding tert-OH is 1. The lowest BCUT2D eigenvalue weighted by atomic mass is 10.0. The van der Waals surface area contributed by atoms with E-state index in [4.69, 9.17) is 10.2 Å². The third-order valence-corrected chi connectivity index (χ3v) is 3.25. The first kappa shape index (κ1) is 13.2. The van der Waals surface area contributed by atoms with Crippen molar-refractivity contribution in [1.82, 2.24) is 5.32 Å². The van der Waals surface area contributed by atoms with Crippen molar-refractivity contribution in [3.63, 3.8) is 0 Å². The highest BCUT2D eigenvalue weighted by molar-refractivity contribution is 5.86. The number of carboxylic acid groups (broad SMARTS) is 1. The summed E-state index contributed by atoms with van der Waals surface area (Å²) in [6.45, 7) is 3.56. The molecule has 0 aromatic carbocycles. The van der Waals surface area contributed by atoms with Crippen molar-refractivity contribution in [3.8, 4) is 0 Å². The van der Waals surface area contributed by atoms with E-state index in [1.54, 1.807) is 6.08 Å². The highest BCUT2D eigenvalue weighted by atomic mass is 16.4. The quantitative estimate of drug-likeness (QED) is 0.430. The topological polar surface area (TPSA) is 69.6 Å². The molecule has 1 aliphatic rings. The Bertz CT molecular complexity index is 269. The number of carbonyl (C=O) groups is 1. The first-order valence-corrected chi connectivity index (χ1v) is 5.87. The van der Waals surface area contributed by atoms with Gasteiger partial charge in [-0.1, -0.05) is 13.0 Å². The van der Waals surface area contributed by atoms with Gasteiger partial charge in [0.25, 0.3) is 0 Å². The molecule has 16 heavy (non-hydrogen) atoms. The van der Waals surface area contributed by atoms with Gasteiger partial charge in [0, 0.05) is 25.3 Å². The predicted octanol–water partition coefficient (Wildman–Crippen LogP) is 1.16. The molecule has 92 valence electrons. The molecule has 0 bridgehead atoms. The van der Waals surface area contributed by atoms with Crippen LogP contribution >= 0.6 is 0 Å². The van der Waals surface area contributed by atoms with Crippen molar-refractivity contribution < 1.29 is 15.0 Å². The van der Waals surface area contributed by atoms with Crippen LogP contribution in [0.5, 0.6) is 0 Å². The molecule has 4 heteroatoms. The number of rotatable bonds is 8. The summed E-state index contributed by atoms with van der Waals surface area (Å²) in [5, 5.41) is 20.9. The summed E-state index contributed by atoms with van der Waals surface area (Å²) in [7, 11) is 0. The molecule has 0 heterocycles. The third kappa shape index (κ3) is 3.94. The number of aliphatic hydroxyl groups is 1. The van der Waals surface area contributed by atoms with Gasteiger partial charge in [0.15, 0.2) is 0 Å². The molecular formula is C12H21NO3. The Morgan fingerprint density at radius 1 is 1.50 bits per heavy atom. The van der Waals surface area contributed by atoms with Crippen LogP contribution in [0.4, 0.5) is 0 Å². The van der Waals surface area contributed by atoms with Crippen LogP contribution in [-0.4, -0.2) is 35.9 Å². The van der Waals surface area contributed by atoms with Gasteiger partial charge >= 0.3 is 5.97 Å². The third-order valence-electron chi connectivity index (χ3n) is 3.25. The van der Waals surface area contributed by atoms with E-state index in [1.807, 2.05) is 6.92 Å². The van der Waals surface area contributed by atoms with E-state index in [0.717, 1.165) is 13.0 Å². The highest BCUT2D eigenvalue weighted by Crippen LogP contribution is 2.47. The van der Waals surface area contributed by atoms with Crippen LogP contribution in [0.25, 0.3) is 0 Å². The van der Waals surface area contributed by atoms with Gasteiger partial charge in [0.05, 0.1) is 0 Å². The predicted molar refractivity (Wildman–Crippen MR) is 62.2 cm³/mol. The Balaban J connectivity index is 2.23. The van der Waals surface area contributed by atoms with Crippen LogP contribution in [0.3, 0.4) is 0 Å². The van der Waals surface area contributed by atoms with Crippen molar-refractivity contribution in [2.24, 2.45) is 5.41 Å². The highest BCUT2D eigenvalue weighted by Gasteiger charge is 2.40. The average Bonchev–Trinajstić information content (AvgIpc) is 2.98. The van der Waals surface area contributed by atoms with Gasteiger partial charge in [0.2, 0.25) is 0 Å². The molecule has 0 aliphatic heterocycles. The second-order valence-electron chi connectivity index (χ2n) is 4.49.